The van der Waals surface area contributed by atoms with Crippen molar-refractivity contribution in [3.8, 4) is 0 Å². The van der Waals surface area contributed by atoms with Gasteiger partial charge in [0, 0.05) is 5.92 Å². The van der Waals surface area contributed by atoms with Crippen LogP contribution in [-0.4, -0.2) is 6.29 Å². The van der Waals surface area contributed by atoms with Gasteiger partial charge in [0.1, 0.15) is 6.29 Å². The minimum Gasteiger partial charge on any atom is -0.303 e. The van der Waals surface area contributed by atoms with Gasteiger partial charge in [-0.3, -0.25) is 0 Å². The molecule has 0 bridgehead atoms. The molecule has 1 atom stereocenters. The second kappa shape index (κ2) is 4.64. The number of hydrogen-bond donors (Lipinski definition) is 0. The summed E-state index contributed by atoms with van der Waals surface area (Å²) in [5.41, 5.74) is 0.925. The monoisotopic (exact) mass is 216 g/mol. The summed E-state index contributed by atoms with van der Waals surface area (Å²) in [5.74, 6) is -0.0176. The topological polar surface area (TPSA) is 17.1 Å². The van der Waals surface area contributed by atoms with Gasteiger partial charge in [-0.1, -0.05) is 42.3 Å². The Labute approximate surface area is 87.7 Å². The summed E-state index contributed by atoms with van der Waals surface area (Å²) in [6, 6.07) is 5.45. The van der Waals surface area contributed by atoms with E-state index in [1.54, 1.807) is 6.07 Å². The first-order valence-electron chi connectivity index (χ1n) is 4.03. The van der Waals surface area contributed by atoms with Gasteiger partial charge in [-0.15, -0.1) is 0 Å². The van der Waals surface area contributed by atoms with Gasteiger partial charge in [0.25, 0.3) is 0 Å². The molecule has 0 saturated heterocycles. The van der Waals surface area contributed by atoms with E-state index in [0.29, 0.717) is 16.5 Å². The van der Waals surface area contributed by atoms with E-state index in [4.69, 9.17) is 23.2 Å². The SMILES string of the molecule is CC(C=O)Cc1cccc(Cl)c1Cl. The molecule has 1 aromatic carbocycles. The minimum atomic E-state index is -0.0176. The number of hydrogen-bond acceptors (Lipinski definition) is 1. The lowest BCUT2D eigenvalue weighted by molar-refractivity contribution is -0.110. The zero-order valence-electron chi connectivity index (χ0n) is 7.26. The third kappa shape index (κ3) is 2.71. The first kappa shape index (κ1) is 10.6. The quantitative estimate of drug-likeness (QED) is 0.709. The second-order valence-electron chi connectivity index (χ2n) is 3.03. The maximum Gasteiger partial charge on any atom is 0.123 e. The van der Waals surface area contributed by atoms with Crippen molar-refractivity contribution in [1.82, 2.24) is 0 Å². The van der Waals surface area contributed by atoms with E-state index < -0.39 is 0 Å². The van der Waals surface area contributed by atoms with Crippen LogP contribution in [0, 0.1) is 5.92 Å². The highest BCUT2D eigenvalue weighted by Gasteiger charge is 2.07. The normalized spacial score (nSPS) is 12.5. The van der Waals surface area contributed by atoms with Gasteiger partial charge in [0.2, 0.25) is 0 Å². The Kier molecular flexibility index (Phi) is 3.76. The Balaban J connectivity index is 2.88. The van der Waals surface area contributed by atoms with Crippen LogP contribution in [0.2, 0.25) is 10.0 Å². The van der Waals surface area contributed by atoms with Crippen molar-refractivity contribution in [2.24, 2.45) is 5.92 Å². The fraction of sp³-hybridized carbons (Fsp3) is 0.300. The van der Waals surface area contributed by atoms with Crippen LogP contribution in [0.1, 0.15) is 12.5 Å². The van der Waals surface area contributed by atoms with E-state index >= 15 is 0 Å². The molecule has 0 amide bonds. The molecule has 0 saturated carbocycles. The largest absolute Gasteiger partial charge is 0.303 e. The molecule has 1 nitrogen and oxygen atoms in total. The molecule has 1 rings (SSSR count). The van der Waals surface area contributed by atoms with Crippen molar-refractivity contribution in [3.63, 3.8) is 0 Å². The molecule has 0 aromatic heterocycles. The summed E-state index contributed by atoms with van der Waals surface area (Å²) in [6.45, 7) is 1.85. The van der Waals surface area contributed by atoms with Crippen LogP contribution in [0.5, 0.6) is 0 Å². The van der Waals surface area contributed by atoms with Crippen molar-refractivity contribution in [2.45, 2.75) is 13.3 Å². The van der Waals surface area contributed by atoms with Crippen LogP contribution in [0.15, 0.2) is 18.2 Å². The Hall–Kier alpha value is -0.530. The lowest BCUT2D eigenvalue weighted by Crippen LogP contribution is -2.01. The molecule has 0 radical (unpaired) electrons. The highest BCUT2D eigenvalue weighted by Crippen LogP contribution is 2.26. The zero-order chi connectivity index (χ0) is 9.84. The molecule has 0 aliphatic carbocycles. The standard InChI is InChI=1S/C10H10Cl2O/c1-7(6-13)5-8-3-2-4-9(11)10(8)12/h2-4,6-7H,5H2,1H3. The number of carbonyl (C=O) groups is 1. The molecule has 0 spiro atoms. The fourth-order valence-corrected chi connectivity index (χ4v) is 1.50. The molecule has 13 heavy (non-hydrogen) atoms. The molecule has 0 aliphatic heterocycles. The van der Waals surface area contributed by atoms with E-state index in [-0.39, 0.29) is 5.92 Å². The summed E-state index contributed by atoms with van der Waals surface area (Å²) in [7, 11) is 0. The zero-order valence-corrected chi connectivity index (χ0v) is 8.77. The molecule has 0 heterocycles. The van der Waals surface area contributed by atoms with Gasteiger partial charge in [-0.05, 0) is 18.1 Å². The van der Waals surface area contributed by atoms with Crippen molar-refractivity contribution in [2.75, 3.05) is 0 Å². The molecule has 0 N–H and O–H groups in total. The molecule has 3 heteroatoms. The average Bonchev–Trinajstić information content (AvgIpc) is 2.13. The fourth-order valence-electron chi connectivity index (χ4n) is 1.10. The van der Waals surface area contributed by atoms with Gasteiger partial charge in [0.15, 0.2) is 0 Å². The molecule has 0 fully saturated rings. The van der Waals surface area contributed by atoms with Gasteiger partial charge in [-0.2, -0.15) is 0 Å². The van der Waals surface area contributed by atoms with Crippen molar-refractivity contribution in [1.29, 1.82) is 0 Å². The Morgan fingerprint density at radius 3 is 2.77 bits per heavy atom. The van der Waals surface area contributed by atoms with Crippen LogP contribution in [0.3, 0.4) is 0 Å². The number of halogens is 2. The first-order chi connectivity index (χ1) is 6.15. The van der Waals surface area contributed by atoms with E-state index in [1.165, 1.54) is 0 Å². The predicted molar refractivity (Wildman–Crippen MR) is 55.4 cm³/mol. The van der Waals surface area contributed by atoms with Crippen LogP contribution >= 0.6 is 23.2 Å². The number of aldehydes is 1. The van der Waals surface area contributed by atoms with Crippen molar-refractivity contribution >= 4 is 29.5 Å². The number of benzene rings is 1. The van der Waals surface area contributed by atoms with Gasteiger partial charge in [-0.25, -0.2) is 0 Å². The smallest absolute Gasteiger partial charge is 0.123 e. The highest BCUT2D eigenvalue weighted by atomic mass is 35.5. The van der Waals surface area contributed by atoms with Crippen molar-refractivity contribution < 1.29 is 4.79 Å². The molecule has 1 unspecified atom stereocenters. The Morgan fingerprint density at radius 2 is 2.15 bits per heavy atom. The number of carbonyl (C=O) groups excluding carboxylic acids is 1. The van der Waals surface area contributed by atoms with E-state index in [2.05, 4.69) is 0 Å². The van der Waals surface area contributed by atoms with Gasteiger partial charge in [0.05, 0.1) is 10.0 Å². The van der Waals surface area contributed by atoms with Crippen LogP contribution in [0.4, 0.5) is 0 Å². The van der Waals surface area contributed by atoms with Crippen molar-refractivity contribution in [3.05, 3.63) is 33.8 Å². The third-order valence-corrected chi connectivity index (χ3v) is 2.66. The lowest BCUT2D eigenvalue weighted by Gasteiger charge is -2.06. The minimum absolute atomic E-state index is 0.0176. The number of rotatable bonds is 3. The maximum atomic E-state index is 10.4. The van der Waals surface area contributed by atoms with Gasteiger partial charge >= 0.3 is 0 Å². The lowest BCUT2D eigenvalue weighted by atomic mass is 10.0. The molecule has 70 valence electrons. The molecular weight excluding hydrogens is 207 g/mol. The second-order valence-corrected chi connectivity index (χ2v) is 3.82. The predicted octanol–water partition coefficient (Wildman–Crippen LogP) is 3.37. The molecular formula is C10H10Cl2O. The van der Waals surface area contributed by atoms with E-state index in [9.17, 15) is 4.79 Å². The first-order valence-corrected chi connectivity index (χ1v) is 4.79. The van der Waals surface area contributed by atoms with Gasteiger partial charge < -0.3 is 4.79 Å². The Morgan fingerprint density at radius 1 is 1.46 bits per heavy atom. The third-order valence-electron chi connectivity index (χ3n) is 1.81. The van der Waals surface area contributed by atoms with Crippen LogP contribution < -0.4 is 0 Å². The molecule has 0 aliphatic rings. The summed E-state index contributed by atoms with van der Waals surface area (Å²) in [4.78, 5) is 10.4. The van der Waals surface area contributed by atoms with Crippen LogP contribution in [0.25, 0.3) is 0 Å². The summed E-state index contributed by atoms with van der Waals surface area (Å²) in [6.07, 6.45) is 1.56. The highest BCUT2D eigenvalue weighted by molar-refractivity contribution is 6.42. The maximum absolute atomic E-state index is 10.4. The molecule has 1 aromatic rings. The summed E-state index contributed by atoms with van der Waals surface area (Å²) < 4.78 is 0. The summed E-state index contributed by atoms with van der Waals surface area (Å²) >= 11 is 11.8. The van der Waals surface area contributed by atoms with E-state index in [0.717, 1.165) is 11.8 Å². The Bertz CT molecular complexity index is 310. The van der Waals surface area contributed by atoms with Crippen LogP contribution in [-0.2, 0) is 11.2 Å². The average molecular weight is 217 g/mol. The van der Waals surface area contributed by atoms with E-state index in [1.807, 2.05) is 19.1 Å². The summed E-state index contributed by atoms with van der Waals surface area (Å²) in [5, 5.41) is 1.09.